The van der Waals surface area contributed by atoms with E-state index >= 15 is 0 Å². The van der Waals surface area contributed by atoms with Gasteiger partial charge in [0.1, 0.15) is 5.60 Å². The fraction of sp³-hybridized carbons (Fsp3) is 0.435. The van der Waals surface area contributed by atoms with Crippen molar-refractivity contribution in [2.75, 3.05) is 7.11 Å². The van der Waals surface area contributed by atoms with Gasteiger partial charge in [0.25, 0.3) is 0 Å². The summed E-state index contributed by atoms with van der Waals surface area (Å²) in [6.45, 7) is 2.60. The third-order valence-electron chi connectivity index (χ3n) is 7.34. The van der Waals surface area contributed by atoms with E-state index < -0.39 is 11.3 Å². The molecule has 2 aromatic carbocycles. The lowest BCUT2D eigenvalue weighted by molar-refractivity contribution is -0.216. The van der Waals surface area contributed by atoms with Crippen LogP contribution < -0.4 is 0 Å². The van der Waals surface area contributed by atoms with Gasteiger partial charge in [0.15, 0.2) is 5.72 Å². The fourth-order valence-electron chi connectivity index (χ4n) is 6.04. The van der Waals surface area contributed by atoms with Gasteiger partial charge >= 0.3 is 0 Å². The number of halogens is 1. The van der Waals surface area contributed by atoms with Crippen LogP contribution in [0.2, 0.25) is 0 Å². The van der Waals surface area contributed by atoms with E-state index in [2.05, 4.69) is 35.0 Å². The van der Waals surface area contributed by atoms with Crippen molar-refractivity contribution in [3.63, 3.8) is 0 Å². The van der Waals surface area contributed by atoms with E-state index in [0.29, 0.717) is 13.0 Å². The van der Waals surface area contributed by atoms with E-state index in [1.54, 1.807) is 12.0 Å². The summed E-state index contributed by atoms with van der Waals surface area (Å²) in [4.78, 5) is 14.9. The van der Waals surface area contributed by atoms with E-state index in [1.807, 2.05) is 42.5 Å². The molecular weight excluding hydrogens is 418 g/mol. The molecule has 5 heteroatoms. The molecular formula is C23H24BrNO3. The minimum Gasteiger partial charge on any atom is -0.372 e. The Kier molecular flexibility index (Phi) is 4.03. The molecule has 0 radical (unpaired) electrons. The van der Waals surface area contributed by atoms with Crippen LogP contribution in [0.3, 0.4) is 0 Å². The van der Waals surface area contributed by atoms with Crippen LogP contribution >= 0.6 is 15.9 Å². The molecule has 3 aliphatic rings. The number of fused-ring (bicyclic) bond motifs is 1. The van der Waals surface area contributed by atoms with E-state index in [1.165, 1.54) is 5.56 Å². The summed E-state index contributed by atoms with van der Waals surface area (Å²) >= 11 is 3.45. The third kappa shape index (κ3) is 2.21. The van der Waals surface area contributed by atoms with Gasteiger partial charge in [-0.1, -0.05) is 65.3 Å². The van der Waals surface area contributed by atoms with Crippen LogP contribution in [0.15, 0.2) is 59.1 Å². The van der Waals surface area contributed by atoms with Crippen LogP contribution in [0.25, 0.3) is 0 Å². The van der Waals surface area contributed by atoms with Crippen LogP contribution in [-0.2, 0) is 16.1 Å². The van der Waals surface area contributed by atoms with Gasteiger partial charge in [-0.3, -0.25) is 4.79 Å². The van der Waals surface area contributed by atoms with Gasteiger partial charge in [-0.25, -0.2) is 0 Å². The highest BCUT2D eigenvalue weighted by Gasteiger charge is 2.88. The Hall–Kier alpha value is -1.69. The first kappa shape index (κ1) is 18.3. The SMILES string of the molecule is CO[C@@]12C3C(=O)N(Cc4ccc(Br)cc4)[C@@]1(O)C[C@H](c1ccccc1)[C@H](C)C32. The minimum atomic E-state index is -1.28. The molecule has 0 bridgehead atoms. The highest BCUT2D eigenvalue weighted by Crippen LogP contribution is 2.74. The lowest BCUT2D eigenvalue weighted by Gasteiger charge is -2.49. The summed E-state index contributed by atoms with van der Waals surface area (Å²) in [5, 5.41) is 11.9. The lowest BCUT2D eigenvalue weighted by atomic mass is 9.70. The molecule has 1 amide bonds. The first-order valence-electron chi connectivity index (χ1n) is 9.82. The second kappa shape index (κ2) is 6.15. The first-order chi connectivity index (χ1) is 13.4. The number of carbonyl (C=O) groups is 1. The zero-order valence-electron chi connectivity index (χ0n) is 16.0. The molecule has 4 nitrogen and oxygen atoms in total. The van der Waals surface area contributed by atoms with Crippen molar-refractivity contribution in [1.82, 2.24) is 4.90 Å². The lowest BCUT2D eigenvalue weighted by Crippen LogP contribution is -2.61. The molecule has 28 heavy (non-hydrogen) atoms. The zero-order valence-corrected chi connectivity index (χ0v) is 17.6. The Bertz CT molecular complexity index is 917. The number of methoxy groups -OCH3 is 1. The van der Waals surface area contributed by atoms with Gasteiger partial charge in [0.2, 0.25) is 5.91 Å². The molecule has 2 unspecified atom stereocenters. The Morgan fingerprint density at radius 3 is 2.50 bits per heavy atom. The fourth-order valence-corrected chi connectivity index (χ4v) is 6.30. The maximum absolute atomic E-state index is 13.3. The van der Waals surface area contributed by atoms with Crippen LogP contribution in [0.5, 0.6) is 0 Å². The van der Waals surface area contributed by atoms with Crippen molar-refractivity contribution in [3.8, 4) is 0 Å². The molecule has 0 aromatic heterocycles. The number of rotatable bonds is 4. The summed E-state index contributed by atoms with van der Waals surface area (Å²) in [7, 11) is 1.64. The van der Waals surface area contributed by atoms with Crippen molar-refractivity contribution in [3.05, 3.63) is 70.2 Å². The highest BCUT2D eigenvalue weighted by atomic mass is 79.9. The van der Waals surface area contributed by atoms with E-state index in [9.17, 15) is 9.90 Å². The predicted octanol–water partition coefficient (Wildman–Crippen LogP) is 3.93. The normalized spacial score (nSPS) is 38.4. The molecule has 1 heterocycles. The maximum Gasteiger partial charge on any atom is 0.231 e. The topological polar surface area (TPSA) is 49.8 Å². The number of nitrogens with zero attached hydrogens (tertiary/aromatic N) is 1. The molecule has 6 atom stereocenters. The van der Waals surface area contributed by atoms with E-state index in [4.69, 9.17) is 4.74 Å². The summed E-state index contributed by atoms with van der Waals surface area (Å²) in [5.74, 6) is 0.323. The molecule has 3 fully saturated rings. The average molecular weight is 442 g/mol. The van der Waals surface area contributed by atoms with Crippen LogP contribution in [0, 0.1) is 17.8 Å². The van der Waals surface area contributed by atoms with Crippen molar-refractivity contribution >= 4 is 21.8 Å². The highest BCUT2D eigenvalue weighted by molar-refractivity contribution is 9.10. The van der Waals surface area contributed by atoms with Crippen LogP contribution in [-0.4, -0.2) is 34.3 Å². The number of likely N-dealkylation sites (tertiary alicyclic amines) is 1. The standard InChI is InChI=1S/C23H24BrNO3/c1-14-18(16-6-4-3-5-7-16)12-22(27)23(28-2)19(14)20(23)21(26)25(22)13-15-8-10-17(24)11-9-15/h3-11,14,18-20,27H,12-13H2,1-2H3/t14-,18-,19?,20?,22+,23-/m0/s1. The van der Waals surface area contributed by atoms with Crippen molar-refractivity contribution < 1.29 is 14.6 Å². The van der Waals surface area contributed by atoms with Crippen molar-refractivity contribution in [2.45, 2.75) is 37.1 Å². The molecule has 2 aromatic rings. The van der Waals surface area contributed by atoms with E-state index in [0.717, 1.165) is 10.0 Å². The second-order valence-corrected chi connectivity index (χ2v) is 9.36. The quantitative estimate of drug-likeness (QED) is 0.781. The molecule has 2 saturated carbocycles. The summed E-state index contributed by atoms with van der Waals surface area (Å²) in [5.41, 5.74) is 0.170. The maximum atomic E-state index is 13.3. The molecule has 1 aliphatic heterocycles. The number of piperidine rings is 1. The number of ether oxygens (including phenoxy) is 1. The number of hydrogen-bond acceptors (Lipinski definition) is 3. The Morgan fingerprint density at radius 2 is 1.86 bits per heavy atom. The van der Waals surface area contributed by atoms with E-state index in [-0.39, 0.29) is 29.6 Å². The largest absolute Gasteiger partial charge is 0.372 e. The van der Waals surface area contributed by atoms with Gasteiger partial charge < -0.3 is 14.7 Å². The van der Waals surface area contributed by atoms with Gasteiger partial charge in [0.05, 0.1) is 5.92 Å². The Balaban J connectivity index is 1.53. The summed E-state index contributed by atoms with van der Waals surface area (Å²) in [6, 6.07) is 18.3. The van der Waals surface area contributed by atoms with Gasteiger partial charge in [-0.15, -0.1) is 0 Å². The van der Waals surface area contributed by atoms with Crippen LogP contribution in [0.1, 0.15) is 30.4 Å². The van der Waals surface area contributed by atoms with Gasteiger partial charge in [0, 0.05) is 30.5 Å². The second-order valence-electron chi connectivity index (χ2n) is 8.45. The number of carbonyl (C=O) groups excluding carboxylic acids is 1. The summed E-state index contributed by atoms with van der Waals surface area (Å²) in [6.07, 6.45) is 0.501. The molecule has 1 N–H and O–H groups in total. The minimum absolute atomic E-state index is 0.0237. The summed E-state index contributed by atoms with van der Waals surface area (Å²) < 4.78 is 6.93. The van der Waals surface area contributed by atoms with Gasteiger partial charge in [-0.2, -0.15) is 0 Å². The molecule has 2 aliphatic carbocycles. The smallest absolute Gasteiger partial charge is 0.231 e. The van der Waals surface area contributed by atoms with Crippen molar-refractivity contribution in [2.24, 2.45) is 17.8 Å². The van der Waals surface area contributed by atoms with Crippen LogP contribution in [0.4, 0.5) is 0 Å². The van der Waals surface area contributed by atoms with Crippen molar-refractivity contribution in [1.29, 1.82) is 0 Å². The number of amides is 1. The monoisotopic (exact) mass is 441 g/mol. The number of hydrogen-bond donors (Lipinski definition) is 1. The zero-order chi connectivity index (χ0) is 19.7. The number of benzene rings is 2. The molecule has 5 rings (SSSR count). The predicted molar refractivity (Wildman–Crippen MR) is 109 cm³/mol. The number of aliphatic hydroxyl groups is 1. The molecule has 0 spiro atoms. The first-order valence-corrected chi connectivity index (χ1v) is 10.6. The Morgan fingerprint density at radius 1 is 1.18 bits per heavy atom. The molecule has 146 valence electrons. The average Bonchev–Trinajstić information content (AvgIpc) is 3.38. The molecule has 1 saturated heterocycles. The third-order valence-corrected chi connectivity index (χ3v) is 7.87. The Labute approximate surface area is 173 Å². The van der Waals surface area contributed by atoms with Gasteiger partial charge in [-0.05, 0) is 35.1 Å².